The van der Waals surface area contributed by atoms with Crippen molar-refractivity contribution in [2.45, 2.75) is 13.8 Å². The Morgan fingerprint density at radius 3 is 2.67 bits per heavy atom. The van der Waals surface area contributed by atoms with Gasteiger partial charge < -0.3 is 21.7 Å². The average Bonchev–Trinajstić information content (AvgIpc) is 2.33. The lowest BCUT2D eigenvalue weighted by molar-refractivity contribution is -0.119. The Bertz CT molecular complexity index is 407. The number of nitrogen functional groups attached to an aromatic ring is 1. The summed E-state index contributed by atoms with van der Waals surface area (Å²) in [4.78, 5) is 19.4. The fourth-order valence-corrected chi connectivity index (χ4v) is 1.24. The second kappa shape index (κ2) is 6.63. The summed E-state index contributed by atoms with van der Waals surface area (Å²) in [6, 6.07) is 1.69. The molecule has 1 heterocycles. The van der Waals surface area contributed by atoms with Crippen LogP contribution >= 0.6 is 0 Å². The van der Waals surface area contributed by atoms with Crippen LogP contribution in [0.2, 0.25) is 0 Å². The van der Waals surface area contributed by atoms with E-state index in [9.17, 15) is 4.79 Å². The minimum absolute atomic E-state index is 0.0770. The van der Waals surface area contributed by atoms with Crippen LogP contribution in [0.5, 0.6) is 0 Å². The van der Waals surface area contributed by atoms with Crippen LogP contribution in [0.1, 0.15) is 13.8 Å². The monoisotopic (exact) mass is 252 g/mol. The third-order valence-electron chi connectivity index (χ3n) is 2.14. The van der Waals surface area contributed by atoms with Crippen LogP contribution in [0.3, 0.4) is 0 Å². The van der Waals surface area contributed by atoms with Crippen LogP contribution in [0.4, 0.5) is 17.6 Å². The largest absolute Gasteiger partial charge is 0.373 e. The maximum absolute atomic E-state index is 11.5. The number of amides is 1. The molecule has 7 nitrogen and oxygen atoms in total. The zero-order valence-corrected chi connectivity index (χ0v) is 10.9. The molecule has 0 aromatic carbocycles. The number of aromatic nitrogens is 2. The summed E-state index contributed by atoms with van der Waals surface area (Å²) in [5, 5.41) is 8.57. The van der Waals surface area contributed by atoms with Crippen LogP contribution < -0.4 is 21.7 Å². The summed E-state index contributed by atoms with van der Waals surface area (Å²) in [5.74, 6) is 1.64. The van der Waals surface area contributed by atoms with Gasteiger partial charge in [-0.3, -0.25) is 4.79 Å². The number of nitrogens with zero attached hydrogens (tertiary/aromatic N) is 2. The molecule has 5 N–H and O–H groups in total. The van der Waals surface area contributed by atoms with E-state index in [-0.39, 0.29) is 18.4 Å². The number of hydrogen-bond acceptors (Lipinski definition) is 6. The van der Waals surface area contributed by atoms with Crippen LogP contribution in [-0.4, -0.2) is 36.0 Å². The number of hydrogen-bond donors (Lipinski definition) is 4. The first-order valence-corrected chi connectivity index (χ1v) is 5.84. The first-order valence-electron chi connectivity index (χ1n) is 5.84. The highest BCUT2D eigenvalue weighted by Gasteiger charge is 2.04. The molecule has 0 fully saturated rings. The van der Waals surface area contributed by atoms with Crippen LogP contribution in [0, 0.1) is 5.92 Å². The van der Waals surface area contributed by atoms with Gasteiger partial charge in [-0.15, -0.1) is 0 Å². The quantitative estimate of drug-likeness (QED) is 0.580. The van der Waals surface area contributed by atoms with Gasteiger partial charge in [0, 0.05) is 19.7 Å². The smallest absolute Gasteiger partial charge is 0.239 e. The van der Waals surface area contributed by atoms with E-state index in [1.54, 1.807) is 13.1 Å². The van der Waals surface area contributed by atoms with Crippen LogP contribution in [0.15, 0.2) is 6.07 Å². The molecule has 1 aromatic heterocycles. The summed E-state index contributed by atoms with van der Waals surface area (Å²) in [5.41, 5.74) is 5.54. The molecule has 1 rings (SSSR count). The third-order valence-corrected chi connectivity index (χ3v) is 2.14. The Hall–Kier alpha value is -2.05. The fraction of sp³-hybridized carbons (Fsp3) is 0.545. The standard InChI is InChI=1S/C11H20N6O/c1-7(2)5-15-10(18)6-14-9-4-8(13-3)16-11(12)17-9/h4,7H,5-6H2,1-3H3,(H,15,18)(H4,12,13,14,16,17). The van der Waals surface area contributed by atoms with Gasteiger partial charge in [-0.05, 0) is 5.92 Å². The summed E-state index contributed by atoms with van der Waals surface area (Å²) in [6.07, 6.45) is 0. The van der Waals surface area contributed by atoms with Crippen molar-refractivity contribution in [1.29, 1.82) is 0 Å². The number of carbonyl (C=O) groups is 1. The topological polar surface area (TPSA) is 105 Å². The van der Waals surface area contributed by atoms with Crippen molar-refractivity contribution >= 4 is 23.5 Å². The van der Waals surface area contributed by atoms with Crippen molar-refractivity contribution in [3.63, 3.8) is 0 Å². The van der Waals surface area contributed by atoms with Crippen LogP contribution in [-0.2, 0) is 4.79 Å². The molecule has 0 atom stereocenters. The minimum Gasteiger partial charge on any atom is -0.373 e. The number of nitrogens with one attached hydrogen (secondary N) is 3. The van der Waals surface area contributed by atoms with E-state index in [2.05, 4.69) is 25.9 Å². The van der Waals surface area contributed by atoms with E-state index in [1.807, 2.05) is 13.8 Å². The molecule has 0 saturated carbocycles. The first-order chi connectivity index (χ1) is 8.51. The SMILES string of the molecule is CNc1cc(NCC(=O)NCC(C)C)nc(N)n1. The van der Waals surface area contributed by atoms with Crippen molar-refractivity contribution in [3.05, 3.63) is 6.07 Å². The molecular formula is C11H20N6O. The lowest BCUT2D eigenvalue weighted by Crippen LogP contribution is -2.32. The molecule has 0 radical (unpaired) electrons. The number of nitrogens with two attached hydrogens (primary N) is 1. The van der Waals surface area contributed by atoms with E-state index in [0.717, 1.165) is 0 Å². The molecule has 1 aromatic rings. The molecule has 0 saturated heterocycles. The Kier molecular flexibility index (Phi) is 5.16. The molecule has 18 heavy (non-hydrogen) atoms. The van der Waals surface area contributed by atoms with Gasteiger partial charge >= 0.3 is 0 Å². The molecule has 0 aliphatic rings. The van der Waals surface area contributed by atoms with Gasteiger partial charge in [-0.1, -0.05) is 13.8 Å². The second-order valence-corrected chi connectivity index (χ2v) is 4.30. The normalized spacial score (nSPS) is 10.2. The van der Waals surface area contributed by atoms with E-state index in [0.29, 0.717) is 24.1 Å². The average molecular weight is 252 g/mol. The van der Waals surface area contributed by atoms with E-state index in [4.69, 9.17) is 5.73 Å². The van der Waals surface area contributed by atoms with Gasteiger partial charge in [0.25, 0.3) is 0 Å². The third kappa shape index (κ3) is 4.86. The zero-order chi connectivity index (χ0) is 13.5. The summed E-state index contributed by atoms with van der Waals surface area (Å²) >= 11 is 0. The molecule has 0 bridgehead atoms. The van der Waals surface area contributed by atoms with Crippen molar-refractivity contribution < 1.29 is 4.79 Å². The lowest BCUT2D eigenvalue weighted by Gasteiger charge is -2.10. The van der Waals surface area contributed by atoms with Gasteiger partial charge in [-0.25, -0.2) is 0 Å². The highest BCUT2D eigenvalue weighted by Crippen LogP contribution is 2.11. The Labute approximate surface area is 107 Å². The summed E-state index contributed by atoms with van der Waals surface area (Å²) < 4.78 is 0. The Morgan fingerprint density at radius 1 is 1.39 bits per heavy atom. The Balaban J connectivity index is 2.47. The minimum atomic E-state index is -0.0770. The molecule has 100 valence electrons. The van der Waals surface area contributed by atoms with Crippen molar-refractivity contribution in [2.75, 3.05) is 36.5 Å². The van der Waals surface area contributed by atoms with Gasteiger partial charge in [0.05, 0.1) is 6.54 Å². The number of anilines is 3. The molecule has 0 aliphatic heterocycles. The highest BCUT2D eigenvalue weighted by molar-refractivity contribution is 5.80. The number of carbonyl (C=O) groups excluding carboxylic acids is 1. The van der Waals surface area contributed by atoms with E-state index in [1.165, 1.54) is 0 Å². The zero-order valence-electron chi connectivity index (χ0n) is 10.9. The first kappa shape index (κ1) is 14.0. The van der Waals surface area contributed by atoms with Gasteiger partial charge in [0.1, 0.15) is 11.6 Å². The van der Waals surface area contributed by atoms with Gasteiger partial charge in [-0.2, -0.15) is 9.97 Å². The Morgan fingerprint density at radius 2 is 2.06 bits per heavy atom. The molecule has 7 heteroatoms. The second-order valence-electron chi connectivity index (χ2n) is 4.30. The van der Waals surface area contributed by atoms with Crippen molar-refractivity contribution in [3.8, 4) is 0 Å². The molecule has 0 unspecified atom stereocenters. The maximum Gasteiger partial charge on any atom is 0.239 e. The van der Waals surface area contributed by atoms with E-state index < -0.39 is 0 Å². The summed E-state index contributed by atoms with van der Waals surface area (Å²) in [7, 11) is 1.74. The van der Waals surface area contributed by atoms with Crippen LogP contribution in [0.25, 0.3) is 0 Å². The molecular weight excluding hydrogens is 232 g/mol. The highest BCUT2D eigenvalue weighted by atomic mass is 16.1. The molecule has 0 aliphatic carbocycles. The fourth-order valence-electron chi connectivity index (χ4n) is 1.24. The molecule has 1 amide bonds. The molecule has 0 spiro atoms. The lowest BCUT2D eigenvalue weighted by atomic mass is 10.2. The van der Waals surface area contributed by atoms with E-state index >= 15 is 0 Å². The number of rotatable bonds is 6. The maximum atomic E-state index is 11.5. The van der Waals surface area contributed by atoms with Gasteiger partial charge in [0.2, 0.25) is 11.9 Å². The van der Waals surface area contributed by atoms with Gasteiger partial charge in [0.15, 0.2) is 0 Å². The predicted molar refractivity (Wildman–Crippen MR) is 72.3 cm³/mol. The predicted octanol–water partition coefficient (Wildman–Crippen LogP) is 0.285. The summed E-state index contributed by atoms with van der Waals surface area (Å²) in [6.45, 7) is 4.90. The van der Waals surface area contributed by atoms with Crippen molar-refractivity contribution in [2.24, 2.45) is 5.92 Å². The van der Waals surface area contributed by atoms with Crippen molar-refractivity contribution in [1.82, 2.24) is 15.3 Å².